The van der Waals surface area contributed by atoms with E-state index in [0.717, 1.165) is 32.5 Å². The first-order valence-corrected chi connectivity index (χ1v) is 7.00. The number of rotatable bonds is 4. The van der Waals surface area contributed by atoms with E-state index >= 15 is 0 Å². The number of nitrogens with zero attached hydrogens (tertiary/aromatic N) is 1. The van der Waals surface area contributed by atoms with E-state index < -0.39 is 0 Å². The zero-order valence-corrected chi connectivity index (χ0v) is 11.6. The van der Waals surface area contributed by atoms with Gasteiger partial charge in [0.2, 0.25) is 5.24 Å². The predicted molar refractivity (Wildman–Crippen MR) is 74.5 cm³/mol. The highest BCUT2D eigenvalue weighted by molar-refractivity contribution is 6.63. The Labute approximate surface area is 114 Å². The Balaban J connectivity index is 1.82. The molecule has 1 saturated heterocycles. The molecular formula is C15H20ClNO. The molecule has 0 bridgehead atoms. The SMILES string of the molecule is CC(C(=O)Cl)C1CCN(Cc2ccccc2)CC1. The maximum absolute atomic E-state index is 11.2. The second-order valence-corrected chi connectivity index (χ2v) is 5.56. The highest BCUT2D eigenvalue weighted by Gasteiger charge is 2.26. The molecule has 1 fully saturated rings. The second kappa shape index (κ2) is 6.35. The van der Waals surface area contributed by atoms with Crippen LogP contribution in [0, 0.1) is 11.8 Å². The molecule has 1 unspecified atom stereocenters. The third-order valence-corrected chi connectivity index (χ3v) is 4.29. The first-order chi connectivity index (χ1) is 8.66. The molecule has 0 N–H and O–H groups in total. The molecule has 0 spiro atoms. The monoisotopic (exact) mass is 265 g/mol. The average molecular weight is 266 g/mol. The summed E-state index contributed by atoms with van der Waals surface area (Å²) >= 11 is 5.58. The van der Waals surface area contributed by atoms with Gasteiger partial charge in [-0.15, -0.1) is 0 Å². The largest absolute Gasteiger partial charge is 0.299 e. The summed E-state index contributed by atoms with van der Waals surface area (Å²) in [6, 6.07) is 10.5. The third kappa shape index (κ3) is 3.56. The lowest BCUT2D eigenvalue weighted by Crippen LogP contribution is -2.36. The molecule has 1 aliphatic rings. The van der Waals surface area contributed by atoms with E-state index in [1.54, 1.807) is 0 Å². The van der Waals surface area contributed by atoms with Crippen LogP contribution in [-0.4, -0.2) is 23.2 Å². The molecule has 18 heavy (non-hydrogen) atoms. The molecule has 0 aromatic heterocycles. The molecule has 1 heterocycles. The normalized spacial score (nSPS) is 19.7. The van der Waals surface area contributed by atoms with Crippen molar-refractivity contribution in [1.82, 2.24) is 4.90 Å². The van der Waals surface area contributed by atoms with Crippen molar-refractivity contribution in [2.45, 2.75) is 26.3 Å². The van der Waals surface area contributed by atoms with Crippen molar-refractivity contribution >= 4 is 16.8 Å². The fourth-order valence-corrected chi connectivity index (χ4v) is 2.82. The van der Waals surface area contributed by atoms with Crippen LogP contribution in [0.1, 0.15) is 25.3 Å². The molecule has 0 amide bonds. The van der Waals surface area contributed by atoms with Gasteiger partial charge < -0.3 is 0 Å². The summed E-state index contributed by atoms with van der Waals surface area (Å²) in [5.74, 6) is 0.465. The zero-order chi connectivity index (χ0) is 13.0. The van der Waals surface area contributed by atoms with Gasteiger partial charge in [0.1, 0.15) is 0 Å². The predicted octanol–water partition coefficient (Wildman–Crippen LogP) is 3.30. The van der Waals surface area contributed by atoms with Crippen LogP contribution in [0.3, 0.4) is 0 Å². The Bertz CT molecular complexity index is 385. The smallest absolute Gasteiger partial charge is 0.224 e. The number of likely N-dealkylation sites (tertiary alicyclic amines) is 1. The molecule has 98 valence electrons. The lowest BCUT2D eigenvalue weighted by atomic mass is 9.86. The number of piperidine rings is 1. The Hall–Kier alpha value is -0.860. The summed E-state index contributed by atoms with van der Waals surface area (Å²) in [6.07, 6.45) is 2.15. The molecule has 1 aliphatic heterocycles. The summed E-state index contributed by atoms with van der Waals surface area (Å²) in [5, 5.41) is -0.184. The molecule has 1 atom stereocenters. The van der Waals surface area contributed by atoms with Crippen molar-refractivity contribution in [2.75, 3.05) is 13.1 Å². The lowest BCUT2D eigenvalue weighted by molar-refractivity contribution is -0.116. The minimum atomic E-state index is -0.184. The van der Waals surface area contributed by atoms with E-state index in [1.807, 2.05) is 13.0 Å². The van der Waals surface area contributed by atoms with Gasteiger partial charge in [0.25, 0.3) is 0 Å². The van der Waals surface area contributed by atoms with Crippen LogP contribution >= 0.6 is 11.6 Å². The maximum atomic E-state index is 11.2. The van der Waals surface area contributed by atoms with Crippen LogP contribution in [0.15, 0.2) is 30.3 Å². The van der Waals surface area contributed by atoms with Crippen molar-refractivity contribution in [2.24, 2.45) is 11.8 Å². The van der Waals surface area contributed by atoms with Crippen LogP contribution in [0.5, 0.6) is 0 Å². The highest BCUT2D eigenvalue weighted by Crippen LogP contribution is 2.27. The van der Waals surface area contributed by atoms with E-state index in [1.165, 1.54) is 5.56 Å². The maximum Gasteiger partial charge on any atom is 0.224 e. The van der Waals surface area contributed by atoms with Crippen molar-refractivity contribution in [1.29, 1.82) is 0 Å². The van der Waals surface area contributed by atoms with Crippen LogP contribution < -0.4 is 0 Å². The summed E-state index contributed by atoms with van der Waals surface area (Å²) in [7, 11) is 0. The lowest BCUT2D eigenvalue weighted by Gasteiger charge is -2.33. The molecule has 0 aliphatic carbocycles. The van der Waals surface area contributed by atoms with Crippen LogP contribution in [0.25, 0.3) is 0 Å². The Morgan fingerprint density at radius 2 is 1.94 bits per heavy atom. The minimum Gasteiger partial charge on any atom is -0.299 e. The molecule has 1 aromatic carbocycles. The number of carbonyl (C=O) groups is 1. The first kappa shape index (κ1) is 13.6. The van der Waals surface area contributed by atoms with E-state index in [4.69, 9.17) is 11.6 Å². The van der Waals surface area contributed by atoms with Gasteiger partial charge >= 0.3 is 0 Å². The van der Waals surface area contributed by atoms with Crippen molar-refractivity contribution < 1.29 is 4.79 Å². The standard InChI is InChI=1S/C15H20ClNO/c1-12(15(16)18)14-7-9-17(10-8-14)11-13-5-3-2-4-6-13/h2-6,12,14H,7-11H2,1H3. The highest BCUT2D eigenvalue weighted by atomic mass is 35.5. The van der Waals surface area contributed by atoms with Gasteiger partial charge in [-0.1, -0.05) is 37.3 Å². The Morgan fingerprint density at radius 3 is 2.50 bits per heavy atom. The van der Waals surface area contributed by atoms with Gasteiger partial charge in [-0.25, -0.2) is 0 Å². The molecule has 3 heteroatoms. The van der Waals surface area contributed by atoms with E-state index in [9.17, 15) is 4.79 Å². The third-order valence-electron chi connectivity index (χ3n) is 3.95. The van der Waals surface area contributed by atoms with Crippen molar-refractivity contribution in [3.05, 3.63) is 35.9 Å². The molecular weight excluding hydrogens is 246 g/mol. The topological polar surface area (TPSA) is 20.3 Å². The molecule has 1 aromatic rings. The average Bonchev–Trinajstić information content (AvgIpc) is 2.40. The van der Waals surface area contributed by atoms with Gasteiger partial charge in [-0.05, 0) is 49.0 Å². The van der Waals surface area contributed by atoms with E-state index in [2.05, 4.69) is 29.2 Å². The number of hydrogen-bond acceptors (Lipinski definition) is 2. The number of halogens is 1. The van der Waals surface area contributed by atoms with Crippen LogP contribution in [-0.2, 0) is 11.3 Å². The molecule has 0 saturated carbocycles. The first-order valence-electron chi connectivity index (χ1n) is 6.62. The fraction of sp³-hybridized carbons (Fsp3) is 0.533. The quantitative estimate of drug-likeness (QED) is 0.779. The van der Waals surface area contributed by atoms with Crippen LogP contribution in [0.4, 0.5) is 0 Å². The van der Waals surface area contributed by atoms with E-state index in [0.29, 0.717) is 5.92 Å². The summed E-state index contributed by atoms with van der Waals surface area (Å²) in [6.45, 7) is 5.09. The van der Waals surface area contributed by atoms with Gasteiger partial charge in [0.05, 0.1) is 0 Å². The second-order valence-electron chi connectivity index (χ2n) is 5.19. The van der Waals surface area contributed by atoms with Crippen LogP contribution in [0.2, 0.25) is 0 Å². The number of hydrogen-bond donors (Lipinski definition) is 0. The van der Waals surface area contributed by atoms with Gasteiger partial charge in [0.15, 0.2) is 0 Å². The van der Waals surface area contributed by atoms with Gasteiger partial charge in [0, 0.05) is 12.5 Å². The van der Waals surface area contributed by atoms with Crippen molar-refractivity contribution in [3.63, 3.8) is 0 Å². The Kier molecular flexibility index (Phi) is 4.79. The molecule has 0 radical (unpaired) electrons. The van der Waals surface area contributed by atoms with Gasteiger partial charge in [-0.3, -0.25) is 9.69 Å². The van der Waals surface area contributed by atoms with Crippen molar-refractivity contribution in [3.8, 4) is 0 Å². The molecule has 2 nitrogen and oxygen atoms in total. The fourth-order valence-electron chi connectivity index (χ4n) is 2.64. The number of benzene rings is 1. The minimum absolute atomic E-state index is 0.00513. The summed E-state index contributed by atoms with van der Waals surface area (Å²) < 4.78 is 0. The summed E-state index contributed by atoms with van der Waals surface area (Å²) in [4.78, 5) is 13.6. The van der Waals surface area contributed by atoms with E-state index in [-0.39, 0.29) is 11.2 Å². The van der Waals surface area contributed by atoms with Gasteiger partial charge in [-0.2, -0.15) is 0 Å². The number of carbonyl (C=O) groups excluding carboxylic acids is 1. The molecule has 2 rings (SSSR count). The zero-order valence-electron chi connectivity index (χ0n) is 10.8. The summed E-state index contributed by atoms with van der Waals surface area (Å²) in [5.41, 5.74) is 1.36. The Morgan fingerprint density at radius 1 is 1.33 bits per heavy atom.